The van der Waals surface area contributed by atoms with E-state index in [1.54, 1.807) is 61.5 Å². The van der Waals surface area contributed by atoms with Crippen LogP contribution >= 0.6 is 0 Å². The van der Waals surface area contributed by atoms with Crippen LogP contribution in [0.5, 0.6) is 11.5 Å². The molecule has 0 bridgehead atoms. The highest BCUT2D eigenvalue weighted by atomic mass is 16.5. The van der Waals surface area contributed by atoms with Gasteiger partial charge in [0.1, 0.15) is 28.9 Å². The van der Waals surface area contributed by atoms with Gasteiger partial charge in [0.25, 0.3) is 17.4 Å². The minimum atomic E-state index is -0.498. The number of para-hydroxylation sites is 2. The number of fused-ring (bicyclic) bond motifs is 1. The molecule has 2 heterocycles. The number of anilines is 1. The molecule has 5 aromatic carbocycles. The topological polar surface area (TPSA) is 106 Å². The first kappa shape index (κ1) is 29.1. The smallest absolute Gasteiger partial charge is 0.282 e. The number of amides is 2. The molecule has 0 spiro atoms. The van der Waals surface area contributed by atoms with E-state index >= 15 is 0 Å². The summed E-state index contributed by atoms with van der Waals surface area (Å²) in [5.41, 5.74) is 5.41. The number of rotatable bonds is 7. The third-order valence-electron chi connectivity index (χ3n) is 7.58. The number of hydrogen-bond acceptors (Lipinski definition) is 6. The number of ether oxygens (including phenoxy) is 1. The van der Waals surface area contributed by atoms with E-state index in [0.29, 0.717) is 45.3 Å². The minimum Gasteiger partial charge on any atom is -0.457 e. The molecule has 6 aromatic rings. The van der Waals surface area contributed by atoms with Gasteiger partial charge in [0.2, 0.25) is 0 Å². The first-order valence-electron chi connectivity index (χ1n) is 14.9. The number of aromatic nitrogens is 2. The molecule has 1 aliphatic rings. The van der Waals surface area contributed by atoms with Crippen molar-refractivity contribution < 1.29 is 14.3 Å². The molecule has 0 radical (unpaired) electrons. The van der Waals surface area contributed by atoms with Gasteiger partial charge in [0.15, 0.2) is 0 Å². The van der Waals surface area contributed by atoms with Crippen molar-refractivity contribution in [1.82, 2.24) is 9.66 Å². The Labute approximate surface area is 269 Å². The number of benzene rings is 5. The molecule has 0 saturated carbocycles. The lowest BCUT2D eigenvalue weighted by Gasteiger charge is -2.19. The second-order valence-corrected chi connectivity index (χ2v) is 10.8. The summed E-state index contributed by atoms with van der Waals surface area (Å²) in [5, 5.41) is 0.397. The second kappa shape index (κ2) is 12.4. The molecule has 0 atom stereocenters. The van der Waals surface area contributed by atoms with Gasteiger partial charge in [-0.1, -0.05) is 72.8 Å². The van der Waals surface area contributed by atoms with Crippen LogP contribution in [0.1, 0.15) is 27.3 Å². The molecule has 2 amide bonds. The van der Waals surface area contributed by atoms with E-state index < -0.39 is 5.91 Å². The molecule has 228 valence electrons. The number of amidine groups is 1. The van der Waals surface area contributed by atoms with Crippen molar-refractivity contribution in [3.63, 3.8) is 0 Å². The maximum absolute atomic E-state index is 13.9. The van der Waals surface area contributed by atoms with Crippen LogP contribution < -0.4 is 20.6 Å². The van der Waals surface area contributed by atoms with Gasteiger partial charge >= 0.3 is 0 Å². The predicted octanol–water partition coefficient (Wildman–Crippen LogP) is 6.72. The minimum absolute atomic E-state index is 0.251. The lowest BCUT2D eigenvalue weighted by molar-refractivity contribution is -0.113. The normalized spacial score (nSPS) is 13.6. The fraction of sp³-hybridized carbons (Fsp3) is 0.0263. The van der Waals surface area contributed by atoms with E-state index in [2.05, 4.69) is 10.4 Å². The Morgan fingerprint density at radius 3 is 2.21 bits per heavy atom. The molecular formula is C38H27N5O4. The van der Waals surface area contributed by atoms with Crippen LogP contribution in [-0.4, -0.2) is 27.3 Å². The Kier molecular flexibility index (Phi) is 7.69. The first-order chi connectivity index (χ1) is 22.9. The molecule has 0 saturated heterocycles. The number of carbonyl (C=O) groups excluding carboxylic acids is 2. The van der Waals surface area contributed by atoms with E-state index in [0.717, 1.165) is 15.8 Å². The first-order valence-corrected chi connectivity index (χ1v) is 14.9. The quantitative estimate of drug-likeness (QED) is 0.200. The number of aryl methyl sites for hydroxylation is 1. The van der Waals surface area contributed by atoms with Gasteiger partial charge in [-0.05, 0) is 79.2 Å². The number of carbonyl (C=O) groups is 2. The average Bonchev–Trinajstić information content (AvgIpc) is 3.42. The van der Waals surface area contributed by atoms with Crippen molar-refractivity contribution in [3.8, 4) is 11.5 Å². The zero-order chi connectivity index (χ0) is 32.3. The summed E-state index contributed by atoms with van der Waals surface area (Å²) in [6.45, 7) is 1.65. The molecule has 0 fully saturated rings. The Hall–Kier alpha value is -6.61. The fourth-order valence-corrected chi connectivity index (χ4v) is 5.29. The van der Waals surface area contributed by atoms with Crippen molar-refractivity contribution in [2.45, 2.75) is 6.92 Å². The van der Waals surface area contributed by atoms with Gasteiger partial charge in [-0.2, -0.15) is 0 Å². The van der Waals surface area contributed by atoms with Gasteiger partial charge in [0.05, 0.1) is 16.6 Å². The van der Waals surface area contributed by atoms with Crippen molar-refractivity contribution in [1.29, 1.82) is 0 Å². The van der Waals surface area contributed by atoms with Gasteiger partial charge in [-0.15, -0.1) is 0 Å². The van der Waals surface area contributed by atoms with E-state index in [9.17, 15) is 14.4 Å². The van der Waals surface area contributed by atoms with E-state index in [4.69, 9.17) is 9.73 Å². The van der Waals surface area contributed by atoms with E-state index in [1.807, 2.05) is 84.9 Å². The third kappa shape index (κ3) is 5.93. The average molecular weight is 618 g/mol. The summed E-state index contributed by atoms with van der Waals surface area (Å²) in [7, 11) is 0. The van der Waals surface area contributed by atoms with Crippen molar-refractivity contribution in [2.24, 2.45) is 4.99 Å². The summed E-state index contributed by atoms with van der Waals surface area (Å²) < 4.78 is 7.11. The molecule has 1 aromatic heterocycles. The van der Waals surface area contributed by atoms with Gasteiger partial charge in [-0.25, -0.2) is 14.7 Å². The summed E-state index contributed by atoms with van der Waals surface area (Å²) in [5.74, 6) is 1.33. The summed E-state index contributed by atoms with van der Waals surface area (Å²) in [4.78, 5) is 50.9. The predicted molar refractivity (Wildman–Crippen MR) is 182 cm³/mol. The van der Waals surface area contributed by atoms with Gasteiger partial charge in [0, 0.05) is 11.1 Å². The monoisotopic (exact) mass is 617 g/mol. The number of aliphatic imine (C=N–C) groups is 1. The molecular weight excluding hydrogens is 590 g/mol. The second-order valence-electron chi connectivity index (χ2n) is 10.8. The Balaban J connectivity index is 1.17. The summed E-state index contributed by atoms with van der Waals surface area (Å²) in [6.07, 6.45) is 1.72. The highest BCUT2D eigenvalue weighted by Crippen LogP contribution is 2.29. The van der Waals surface area contributed by atoms with Crippen LogP contribution in [0.15, 0.2) is 149 Å². The van der Waals surface area contributed by atoms with Gasteiger partial charge in [-0.3, -0.25) is 24.7 Å². The lowest BCUT2D eigenvalue weighted by Crippen LogP contribution is -2.35. The molecule has 9 heteroatoms. The van der Waals surface area contributed by atoms with Crippen LogP contribution in [0.25, 0.3) is 17.0 Å². The standard InChI is InChI=1S/C38H27N5O4/c1-25-39-33-18-9-8-17-32(33)37(45)43(25)41-36(44)28-19-21-29(22-20-28)42-35(27-12-4-2-5-13-27)40-34(38(42)46)24-26-11-10-16-31(23-26)47-30-14-6-3-7-15-30/h2-24H,1H3,(H,41,44). The molecule has 0 aliphatic carbocycles. The number of nitrogens with one attached hydrogen (secondary N) is 1. The molecule has 1 N–H and O–H groups in total. The molecule has 47 heavy (non-hydrogen) atoms. The van der Waals surface area contributed by atoms with Crippen molar-refractivity contribution >= 4 is 40.3 Å². The fourth-order valence-electron chi connectivity index (χ4n) is 5.29. The highest BCUT2D eigenvalue weighted by molar-refractivity contribution is 6.33. The Morgan fingerprint density at radius 2 is 1.45 bits per heavy atom. The number of hydrogen-bond donors (Lipinski definition) is 1. The van der Waals surface area contributed by atoms with Crippen LogP contribution in [0.2, 0.25) is 0 Å². The maximum Gasteiger partial charge on any atom is 0.282 e. The summed E-state index contributed by atoms with van der Waals surface area (Å²) >= 11 is 0. The number of nitrogens with zero attached hydrogens (tertiary/aromatic N) is 4. The third-order valence-corrected chi connectivity index (χ3v) is 7.58. The van der Waals surface area contributed by atoms with Crippen LogP contribution in [0, 0.1) is 6.92 Å². The molecule has 9 nitrogen and oxygen atoms in total. The largest absolute Gasteiger partial charge is 0.457 e. The zero-order valence-electron chi connectivity index (χ0n) is 25.2. The van der Waals surface area contributed by atoms with E-state index in [-0.39, 0.29) is 17.2 Å². The molecule has 0 unspecified atom stereocenters. The Bertz CT molecular complexity index is 2260. The van der Waals surface area contributed by atoms with Crippen molar-refractivity contribution in [2.75, 3.05) is 10.3 Å². The molecule has 1 aliphatic heterocycles. The van der Waals surface area contributed by atoms with Crippen LogP contribution in [-0.2, 0) is 4.79 Å². The Morgan fingerprint density at radius 1 is 0.766 bits per heavy atom. The highest BCUT2D eigenvalue weighted by Gasteiger charge is 2.32. The van der Waals surface area contributed by atoms with Gasteiger partial charge < -0.3 is 4.74 Å². The van der Waals surface area contributed by atoms with Crippen LogP contribution in [0.3, 0.4) is 0 Å². The SMILES string of the molecule is Cc1nc2ccccc2c(=O)n1NC(=O)c1ccc(N2C(=O)C(=Cc3cccc(Oc4ccccc4)c3)N=C2c2ccccc2)cc1. The zero-order valence-corrected chi connectivity index (χ0v) is 25.2. The van der Waals surface area contributed by atoms with E-state index in [1.165, 1.54) is 4.90 Å². The summed E-state index contributed by atoms with van der Waals surface area (Å²) in [6, 6.07) is 39.8. The molecule has 7 rings (SSSR count). The van der Waals surface area contributed by atoms with Crippen molar-refractivity contribution in [3.05, 3.63) is 172 Å². The maximum atomic E-state index is 13.9. The lowest BCUT2D eigenvalue weighted by atomic mass is 10.1. The van der Waals surface area contributed by atoms with Crippen LogP contribution in [0.4, 0.5) is 5.69 Å².